The Morgan fingerprint density at radius 3 is 2.65 bits per heavy atom. The van der Waals surface area contributed by atoms with Crippen LogP contribution >= 0.6 is 11.3 Å². The summed E-state index contributed by atoms with van der Waals surface area (Å²) in [7, 11) is 0. The Balaban J connectivity index is 1.68. The second kappa shape index (κ2) is 8.39. The summed E-state index contributed by atoms with van der Waals surface area (Å²) in [4.78, 5) is 31.7. The van der Waals surface area contributed by atoms with Gasteiger partial charge in [0.05, 0.1) is 11.8 Å². The number of carboxylic acid groups (broad SMARTS) is 1. The number of fused-ring (bicyclic) bond motifs is 1. The van der Waals surface area contributed by atoms with Crippen LogP contribution < -0.4 is 10.6 Å². The van der Waals surface area contributed by atoms with Gasteiger partial charge in [-0.3, -0.25) is 9.59 Å². The molecule has 2 aromatic heterocycles. The van der Waals surface area contributed by atoms with Crippen LogP contribution in [0.1, 0.15) is 12.8 Å². The molecule has 0 bridgehead atoms. The molecule has 0 radical (unpaired) electrons. The summed E-state index contributed by atoms with van der Waals surface area (Å²) in [6.45, 7) is 0.531. The maximum Gasteiger partial charge on any atom is 0.305 e. The number of hydrogen-bond donors (Lipinski definition) is 3. The van der Waals surface area contributed by atoms with Crippen LogP contribution in [0.25, 0.3) is 21.3 Å². The number of nitrogens with zero attached hydrogens (tertiary/aromatic N) is 2. The molecule has 134 valence electrons. The molecule has 0 fully saturated rings. The van der Waals surface area contributed by atoms with E-state index in [0.717, 1.165) is 21.3 Å². The molecule has 8 heteroatoms. The summed E-state index contributed by atoms with van der Waals surface area (Å²) in [5.74, 6) is -0.441. The van der Waals surface area contributed by atoms with Gasteiger partial charge in [0.2, 0.25) is 5.91 Å². The van der Waals surface area contributed by atoms with E-state index < -0.39 is 5.97 Å². The van der Waals surface area contributed by atoms with Gasteiger partial charge in [-0.15, -0.1) is 11.3 Å². The third kappa shape index (κ3) is 4.34. The summed E-state index contributed by atoms with van der Waals surface area (Å²) in [5, 5.41) is 17.3. The largest absolute Gasteiger partial charge is 0.481 e. The van der Waals surface area contributed by atoms with E-state index in [1.54, 1.807) is 11.3 Å². The van der Waals surface area contributed by atoms with E-state index in [9.17, 15) is 9.59 Å². The van der Waals surface area contributed by atoms with E-state index in [-0.39, 0.29) is 25.3 Å². The van der Waals surface area contributed by atoms with Gasteiger partial charge in [-0.25, -0.2) is 9.97 Å². The molecule has 3 N–H and O–H groups in total. The zero-order chi connectivity index (χ0) is 18.4. The van der Waals surface area contributed by atoms with Gasteiger partial charge in [-0.2, -0.15) is 0 Å². The maximum atomic E-state index is 11.7. The number of thiophene rings is 1. The minimum atomic E-state index is -0.933. The monoisotopic (exact) mass is 370 g/mol. The van der Waals surface area contributed by atoms with Crippen molar-refractivity contribution in [2.24, 2.45) is 0 Å². The van der Waals surface area contributed by atoms with Crippen molar-refractivity contribution in [2.75, 3.05) is 18.4 Å². The first-order valence-electron chi connectivity index (χ1n) is 8.15. The maximum absolute atomic E-state index is 11.7. The predicted octanol–water partition coefficient (Wildman–Crippen LogP) is 2.75. The van der Waals surface area contributed by atoms with Gasteiger partial charge in [0.25, 0.3) is 0 Å². The van der Waals surface area contributed by atoms with Crippen LogP contribution in [0.3, 0.4) is 0 Å². The van der Waals surface area contributed by atoms with Gasteiger partial charge in [0.1, 0.15) is 17.0 Å². The summed E-state index contributed by atoms with van der Waals surface area (Å²) in [5.41, 5.74) is 2.14. The van der Waals surface area contributed by atoms with Crippen molar-refractivity contribution in [3.05, 3.63) is 42.0 Å². The number of hydrogen-bond acceptors (Lipinski definition) is 6. The topological polar surface area (TPSA) is 104 Å². The average Bonchev–Trinajstić information content (AvgIpc) is 3.07. The van der Waals surface area contributed by atoms with E-state index in [1.807, 2.05) is 30.3 Å². The number of anilines is 1. The Hall–Kier alpha value is -3.00. The van der Waals surface area contributed by atoms with Gasteiger partial charge >= 0.3 is 5.97 Å². The predicted molar refractivity (Wildman–Crippen MR) is 101 cm³/mol. The van der Waals surface area contributed by atoms with Crippen molar-refractivity contribution in [1.29, 1.82) is 0 Å². The van der Waals surface area contributed by atoms with Crippen LogP contribution in [0, 0.1) is 0 Å². The molecular weight excluding hydrogens is 352 g/mol. The molecule has 2 heterocycles. The number of carboxylic acids is 1. The first kappa shape index (κ1) is 17.8. The van der Waals surface area contributed by atoms with Crippen molar-refractivity contribution in [2.45, 2.75) is 12.8 Å². The SMILES string of the molecule is O=C(O)CCNC(=O)CCNc1ncnc2scc(-c3ccccc3)c12. The van der Waals surface area contributed by atoms with Crippen molar-refractivity contribution < 1.29 is 14.7 Å². The molecule has 1 aromatic carbocycles. The summed E-state index contributed by atoms with van der Waals surface area (Å²) in [6.07, 6.45) is 1.65. The van der Waals surface area contributed by atoms with Crippen LogP contribution in [-0.4, -0.2) is 40.0 Å². The average molecular weight is 370 g/mol. The number of carbonyl (C=O) groups excluding carboxylic acids is 1. The molecule has 3 rings (SSSR count). The molecule has 0 saturated heterocycles. The minimum Gasteiger partial charge on any atom is -0.481 e. The molecule has 0 spiro atoms. The van der Waals surface area contributed by atoms with E-state index >= 15 is 0 Å². The number of carbonyl (C=O) groups is 2. The first-order valence-corrected chi connectivity index (χ1v) is 9.03. The lowest BCUT2D eigenvalue weighted by Crippen LogP contribution is -2.27. The van der Waals surface area contributed by atoms with Crippen molar-refractivity contribution in [1.82, 2.24) is 15.3 Å². The Labute approximate surface area is 154 Å². The zero-order valence-corrected chi connectivity index (χ0v) is 14.8. The second-order valence-electron chi connectivity index (χ2n) is 5.59. The Bertz CT molecular complexity index is 911. The van der Waals surface area contributed by atoms with Crippen molar-refractivity contribution in [3.8, 4) is 11.1 Å². The number of nitrogens with one attached hydrogen (secondary N) is 2. The molecule has 7 nitrogen and oxygen atoms in total. The number of aromatic nitrogens is 2. The molecule has 1 amide bonds. The van der Waals surface area contributed by atoms with Gasteiger partial charge in [0.15, 0.2) is 0 Å². The Kier molecular flexibility index (Phi) is 5.75. The van der Waals surface area contributed by atoms with Crippen LogP contribution in [-0.2, 0) is 9.59 Å². The van der Waals surface area contributed by atoms with E-state index in [2.05, 4.69) is 26.0 Å². The van der Waals surface area contributed by atoms with Gasteiger partial charge in [0, 0.05) is 30.5 Å². The lowest BCUT2D eigenvalue weighted by Gasteiger charge is -2.08. The standard InChI is InChI=1S/C18H18N4O3S/c23-14(19-9-7-15(24)25)6-8-20-17-16-13(12-4-2-1-3-5-12)10-26-18(16)22-11-21-17/h1-5,10-11H,6-9H2,(H,19,23)(H,24,25)(H,20,21,22). The van der Waals surface area contributed by atoms with Crippen molar-refractivity contribution in [3.63, 3.8) is 0 Å². The van der Waals surface area contributed by atoms with Crippen LogP contribution in [0.4, 0.5) is 5.82 Å². The molecule has 26 heavy (non-hydrogen) atoms. The first-order chi connectivity index (χ1) is 12.6. The van der Waals surface area contributed by atoms with Crippen molar-refractivity contribution >= 4 is 39.2 Å². The molecule has 3 aromatic rings. The summed E-state index contributed by atoms with van der Waals surface area (Å²) in [6, 6.07) is 10.0. The molecule has 0 unspecified atom stereocenters. The quantitative estimate of drug-likeness (QED) is 0.563. The fourth-order valence-electron chi connectivity index (χ4n) is 2.53. The highest BCUT2D eigenvalue weighted by atomic mass is 32.1. The number of rotatable bonds is 8. The zero-order valence-electron chi connectivity index (χ0n) is 13.9. The summed E-state index contributed by atoms with van der Waals surface area (Å²) >= 11 is 1.55. The third-order valence-corrected chi connectivity index (χ3v) is 4.65. The Morgan fingerprint density at radius 2 is 1.88 bits per heavy atom. The molecule has 0 aliphatic heterocycles. The highest BCUT2D eigenvalue weighted by Gasteiger charge is 2.13. The van der Waals surface area contributed by atoms with Crippen LogP contribution in [0.2, 0.25) is 0 Å². The van der Waals surface area contributed by atoms with Gasteiger partial charge in [-0.05, 0) is 5.56 Å². The van der Waals surface area contributed by atoms with E-state index in [1.165, 1.54) is 6.33 Å². The van der Waals surface area contributed by atoms with Gasteiger partial charge < -0.3 is 15.7 Å². The molecule has 0 atom stereocenters. The molecule has 0 saturated carbocycles. The van der Waals surface area contributed by atoms with E-state index in [0.29, 0.717) is 12.4 Å². The Morgan fingerprint density at radius 1 is 1.08 bits per heavy atom. The smallest absolute Gasteiger partial charge is 0.305 e. The second-order valence-corrected chi connectivity index (χ2v) is 6.45. The summed E-state index contributed by atoms with van der Waals surface area (Å²) < 4.78 is 0. The third-order valence-electron chi connectivity index (χ3n) is 3.76. The highest BCUT2D eigenvalue weighted by molar-refractivity contribution is 7.17. The van der Waals surface area contributed by atoms with Crippen LogP contribution in [0.5, 0.6) is 0 Å². The highest BCUT2D eigenvalue weighted by Crippen LogP contribution is 2.36. The van der Waals surface area contributed by atoms with E-state index in [4.69, 9.17) is 5.11 Å². The lowest BCUT2D eigenvalue weighted by molar-refractivity contribution is -0.136. The van der Waals surface area contributed by atoms with Crippen LogP contribution in [0.15, 0.2) is 42.0 Å². The molecule has 0 aliphatic carbocycles. The molecule has 0 aliphatic rings. The number of aliphatic carboxylic acids is 1. The number of benzene rings is 1. The fraction of sp³-hybridized carbons (Fsp3) is 0.222. The fourth-order valence-corrected chi connectivity index (χ4v) is 3.45. The number of amides is 1. The lowest BCUT2D eigenvalue weighted by atomic mass is 10.1. The normalized spacial score (nSPS) is 10.6. The minimum absolute atomic E-state index is 0.0823. The van der Waals surface area contributed by atoms with Gasteiger partial charge in [-0.1, -0.05) is 30.3 Å². The molecular formula is C18H18N4O3S.